The maximum atomic E-state index is 10.9. The molecule has 0 heterocycles. The molecular formula is C6H13O2P. The molecule has 54 valence electrons. The van der Waals surface area contributed by atoms with Crippen LogP contribution < -0.4 is 0 Å². The fourth-order valence-electron chi connectivity index (χ4n) is 0.628. The third-order valence-electron chi connectivity index (χ3n) is 0.926. The van der Waals surface area contributed by atoms with Gasteiger partial charge in [-0.15, -0.1) is 0 Å². The van der Waals surface area contributed by atoms with Crippen LogP contribution in [0.25, 0.3) is 0 Å². The van der Waals surface area contributed by atoms with Crippen LogP contribution in [0.15, 0.2) is 11.9 Å². The Bertz CT molecular complexity index is 140. The molecule has 0 radical (unpaired) electrons. The maximum Gasteiger partial charge on any atom is 0.222 e. The van der Waals surface area contributed by atoms with Gasteiger partial charge in [-0.1, -0.05) is 13.0 Å². The molecule has 1 atom stereocenters. The van der Waals surface area contributed by atoms with Crippen molar-refractivity contribution >= 4 is 7.37 Å². The van der Waals surface area contributed by atoms with Gasteiger partial charge in [0.05, 0.1) is 0 Å². The maximum absolute atomic E-state index is 10.9. The van der Waals surface area contributed by atoms with E-state index in [1.165, 1.54) is 5.82 Å². The van der Waals surface area contributed by atoms with Gasteiger partial charge in [-0.2, -0.15) is 0 Å². The number of hydrogen-bond donors (Lipinski definition) is 1. The summed E-state index contributed by atoms with van der Waals surface area (Å²) in [7, 11) is -2.87. The molecule has 2 nitrogen and oxygen atoms in total. The average Bonchev–Trinajstić information content (AvgIpc) is 1.64. The first-order chi connectivity index (χ1) is 4.12. The van der Waals surface area contributed by atoms with E-state index in [0.29, 0.717) is 6.16 Å². The smallest absolute Gasteiger partial charge is 0.222 e. The largest absolute Gasteiger partial charge is 0.341 e. The van der Waals surface area contributed by atoms with E-state index < -0.39 is 7.37 Å². The van der Waals surface area contributed by atoms with Crippen LogP contribution in [-0.4, -0.2) is 11.1 Å². The zero-order valence-electron chi connectivity index (χ0n) is 5.87. The van der Waals surface area contributed by atoms with Gasteiger partial charge in [0.2, 0.25) is 7.37 Å². The molecule has 3 heteroatoms. The Morgan fingerprint density at radius 3 is 2.56 bits per heavy atom. The Kier molecular flexibility index (Phi) is 3.83. The Balaban J connectivity index is 3.87. The molecule has 0 saturated heterocycles. The Hall–Kier alpha value is -0.0700. The van der Waals surface area contributed by atoms with Crippen molar-refractivity contribution in [2.24, 2.45) is 0 Å². The van der Waals surface area contributed by atoms with Gasteiger partial charge in [-0.3, -0.25) is 4.57 Å². The number of rotatable bonds is 3. The fourth-order valence-corrected chi connectivity index (χ4v) is 1.88. The van der Waals surface area contributed by atoms with E-state index in [2.05, 4.69) is 0 Å². The van der Waals surface area contributed by atoms with Gasteiger partial charge < -0.3 is 4.89 Å². The Labute approximate surface area is 56.0 Å². The molecule has 9 heavy (non-hydrogen) atoms. The summed E-state index contributed by atoms with van der Waals surface area (Å²) >= 11 is 0. The van der Waals surface area contributed by atoms with E-state index in [-0.39, 0.29) is 0 Å². The molecule has 1 unspecified atom stereocenters. The highest BCUT2D eigenvalue weighted by molar-refractivity contribution is 7.61. The summed E-state index contributed by atoms with van der Waals surface area (Å²) in [5.41, 5.74) is 0. The summed E-state index contributed by atoms with van der Waals surface area (Å²) in [5, 5.41) is 0. The van der Waals surface area contributed by atoms with Crippen LogP contribution in [0.3, 0.4) is 0 Å². The summed E-state index contributed by atoms with van der Waals surface area (Å²) in [6, 6.07) is 0. The molecule has 0 amide bonds. The Morgan fingerprint density at radius 1 is 1.67 bits per heavy atom. The topological polar surface area (TPSA) is 37.3 Å². The van der Waals surface area contributed by atoms with E-state index >= 15 is 0 Å². The van der Waals surface area contributed by atoms with Crippen LogP contribution in [0.5, 0.6) is 0 Å². The highest BCUT2D eigenvalue weighted by Gasteiger charge is 2.09. The molecule has 0 aromatic rings. The zero-order chi connectivity index (χ0) is 7.33. The third kappa shape index (κ3) is 4.43. The molecule has 0 rings (SSSR count). The standard InChI is InChI=1S/C6H13O2P/c1-3-5-9(7,8)6-4-2/h3,5H,4,6H2,1-2H3,(H,7,8). The van der Waals surface area contributed by atoms with Crippen molar-refractivity contribution < 1.29 is 9.46 Å². The van der Waals surface area contributed by atoms with Gasteiger partial charge in [0.25, 0.3) is 0 Å². The van der Waals surface area contributed by atoms with Crippen LogP contribution in [0, 0.1) is 0 Å². The van der Waals surface area contributed by atoms with Crippen molar-refractivity contribution in [2.45, 2.75) is 20.3 Å². The molecular weight excluding hydrogens is 135 g/mol. The van der Waals surface area contributed by atoms with Crippen LogP contribution in [0.4, 0.5) is 0 Å². The lowest BCUT2D eigenvalue weighted by Gasteiger charge is -2.01. The van der Waals surface area contributed by atoms with Crippen molar-refractivity contribution in [3.63, 3.8) is 0 Å². The first kappa shape index (κ1) is 8.93. The SMILES string of the molecule is CC=CP(=O)(O)CCC. The van der Waals surface area contributed by atoms with E-state index in [9.17, 15) is 4.57 Å². The van der Waals surface area contributed by atoms with Gasteiger partial charge in [-0.25, -0.2) is 0 Å². The second-order valence-electron chi connectivity index (χ2n) is 1.96. The lowest BCUT2D eigenvalue weighted by Crippen LogP contribution is -1.81. The molecule has 0 aromatic carbocycles. The van der Waals surface area contributed by atoms with Crippen molar-refractivity contribution in [2.75, 3.05) is 6.16 Å². The van der Waals surface area contributed by atoms with E-state index in [1.54, 1.807) is 13.0 Å². The van der Waals surface area contributed by atoms with Gasteiger partial charge in [0, 0.05) is 6.16 Å². The molecule has 0 aliphatic carbocycles. The molecule has 0 aliphatic rings. The minimum absolute atomic E-state index is 0.400. The predicted octanol–water partition coefficient (Wildman–Crippen LogP) is 2.20. The fraction of sp³-hybridized carbons (Fsp3) is 0.667. The van der Waals surface area contributed by atoms with Crippen molar-refractivity contribution in [3.05, 3.63) is 11.9 Å². The molecule has 0 saturated carbocycles. The van der Waals surface area contributed by atoms with Crippen LogP contribution >= 0.6 is 7.37 Å². The van der Waals surface area contributed by atoms with Crippen molar-refractivity contribution in [1.29, 1.82) is 0 Å². The zero-order valence-corrected chi connectivity index (χ0v) is 6.77. The van der Waals surface area contributed by atoms with Crippen molar-refractivity contribution in [1.82, 2.24) is 0 Å². The minimum Gasteiger partial charge on any atom is -0.341 e. The lowest BCUT2D eigenvalue weighted by atomic mass is 10.6. The lowest BCUT2D eigenvalue weighted by molar-refractivity contribution is 0.488. The summed E-state index contributed by atoms with van der Waals surface area (Å²) in [6.07, 6.45) is 2.78. The summed E-state index contributed by atoms with van der Waals surface area (Å²) in [4.78, 5) is 8.98. The summed E-state index contributed by atoms with van der Waals surface area (Å²) < 4.78 is 10.9. The van der Waals surface area contributed by atoms with Crippen LogP contribution in [0.1, 0.15) is 20.3 Å². The van der Waals surface area contributed by atoms with E-state index in [0.717, 1.165) is 6.42 Å². The molecule has 0 aromatic heterocycles. The number of hydrogen-bond acceptors (Lipinski definition) is 1. The van der Waals surface area contributed by atoms with Crippen LogP contribution in [-0.2, 0) is 4.57 Å². The average molecular weight is 148 g/mol. The van der Waals surface area contributed by atoms with Gasteiger partial charge in [0.15, 0.2) is 0 Å². The van der Waals surface area contributed by atoms with Gasteiger partial charge >= 0.3 is 0 Å². The minimum atomic E-state index is -2.87. The second-order valence-corrected chi connectivity index (χ2v) is 4.22. The highest BCUT2D eigenvalue weighted by atomic mass is 31.2. The van der Waals surface area contributed by atoms with Gasteiger partial charge in [-0.05, 0) is 19.2 Å². The molecule has 1 N–H and O–H groups in total. The monoisotopic (exact) mass is 148 g/mol. The molecule has 0 spiro atoms. The normalized spacial score (nSPS) is 18.1. The highest BCUT2D eigenvalue weighted by Crippen LogP contribution is 2.42. The Morgan fingerprint density at radius 2 is 2.22 bits per heavy atom. The molecule has 0 fully saturated rings. The quantitative estimate of drug-likeness (QED) is 0.623. The van der Waals surface area contributed by atoms with E-state index in [1.807, 2.05) is 6.92 Å². The third-order valence-corrected chi connectivity index (χ3v) is 2.78. The number of allylic oxidation sites excluding steroid dienone is 1. The summed E-state index contributed by atoms with van der Waals surface area (Å²) in [6.45, 7) is 3.64. The first-order valence-corrected chi connectivity index (χ1v) is 4.99. The molecule has 0 bridgehead atoms. The van der Waals surface area contributed by atoms with Crippen LogP contribution in [0.2, 0.25) is 0 Å². The van der Waals surface area contributed by atoms with Crippen molar-refractivity contribution in [3.8, 4) is 0 Å². The van der Waals surface area contributed by atoms with Gasteiger partial charge in [0.1, 0.15) is 0 Å². The second kappa shape index (κ2) is 3.86. The summed E-state index contributed by atoms with van der Waals surface area (Å²) in [5.74, 6) is 1.39. The predicted molar refractivity (Wildman–Crippen MR) is 39.8 cm³/mol. The first-order valence-electron chi connectivity index (χ1n) is 3.07. The molecule has 0 aliphatic heterocycles. The van der Waals surface area contributed by atoms with E-state index in [4.69, 9.17) is 4.89 Å².